The number of carbonyl (C=O) groups excluding carboxylic acids is 2. The molecule has 0 heterocycles. The monoisotopic (exact) mass is 840 g/mol. The van der Waals surface area contributed by atoms with Crippen LogP contribution in [-0.4, -0.2) is 55.7 Å². The summed E-state index contributed by atoms with van der Waals surface area (Å²) in [5.74, 6) is -4.32. The van der Waals surface area contributed by atoms with E-state index in [0.717, 1.165) is 51.4 Å². The normalized spacial score (nSPS) is 21.3. The Morgan fingerprint density at radius 3 is 1.62 bits per heavy atom. The topological polar surface area (TPSA) is 133 Å². The number of carboxylic acids is 2. The number of halogens is 4. The lowest BCUT2D eigenvalue weighted by Crippen LogP contribution is -2.68. The molecule has 1 aliphatic carbocycles. The van der Waals surface area contributed by atoms with Gasteiger partial charge >= 0.3 is 11.9 Å². The molecule has 4 N–H and O–H groups in total. The van der Waals surface area contributed by atoms with Gasteiger partial charge in [0.25, 0.3) is 0 Å². The highest BCUT2D eigenvalue weighted by atomic mass is 79.9. The van der Waals surface area contributed by atoms with Crippen LogP contribution < -0.4 is 21.1 Å². The molecule has 42 heavy (non-hydrogen) atoms. The second kappa shape index (κ2) is 16.2. The summed E-state index contributed by atoms with van der Waals surface area (Å²) in [5.41, 5.74) is -0.756. The summed E-state index contributed by atoms with van der Waals surface area (Å²) in [4.78, 5) is 54.3. The summed E-state index contributed by atoms with van der Waals surface area (Å²) in [6.45, 7) is 8.79. The minimum Gasteiger partial charge on any atom is -0.480 e. The molecule has 8 nitrogen and oxygen atoms in total. The number of amides is 2. The van der Waals surface area contributed by atoms with Crippen molar-refractivity contribution in [1.82, 2.24) is 10.6 Å². The van der Waals surface area contributed by atoms with Crippen LogP contribution in [-0.2, 0) is 19.2 Å². The minimum atomic E-state index is -2.54. The highest BCUT2D eigenvalue weighted by molar-refractivity contribution is 9.13. The molecule has 12 heteroatoms. The maximum Gasteiger partial charge on any atom is 0.334 e. The van der Waals surface area contributed by atoms with E-state index in [1.807, 2.05) is 13.8 Å². The van der Waals surface area contributed by atoms with Crippen LogP contribution >= 0.6 is 63.7 Å². The van der Waals surface area contributed by atoms with Crippen LogP contribution in [0.5, 0.6) is 0 Å². The smallest absolute Gasteiger partial charge is 0.334 e. The van der Waals surface area contributed by atoms with Gasteiger partial charge in [-0.25, -0.2) is 4.79 Å². The number of benzene rings is 1. The molecule has 0 aliphatic heterocycles. The van der Waals surface area contributed by atoms with Gasteiger partial charge in [-0.1, -0.05) is 98.1 Å². The standard InChI is InChI=1S/C30H40Br4N2O6/c1-5-9-11-17(7-3)15-35-25(37)23-19-13-21(31)22(32)14-20(19)24(26(38)39)30(34,28(41)42)29(23,33)27(40)36-16-18(8-4)12-10-6-2/h13-14,17-18H,5-12,15-16H2,1-4H3,(H,35,37)(H,36,40)(H,38,39)(H,41,42). The molecule has 0 aromatic heterocycles. The number of carboxylic acid groups (broad SMARTS) is 2. The molecule has 4 unspecified atom stereocenters. The summed E-state index contributed by atoms with van der Waals surface area (Å²) in [5, 5.41) is 27.0. The van der Waals surface area contributed by atoms with E-state index in [1.165, 1.54) is 6.07 Å². The van der Waals surface area contributed by atoms with Gasteiger partial charge in [-0.05, 0) is 79.1 Å². The van der Waals surface area contributed by atoms with Gasteiger partial charge in [0.2, 0.25) is 11.8 Å². The Bertz CT molecular complexity index is 1320. The van der Waals surface area contributed by atoms with Crippen molar-refractivity contribution in [2.24, 2.45) is 11.8 Å². The van der Waals surface area contributed by atoms with Crippen LogP contribution in [0.4, 0.5) is 0 Å². The average molecular weight is 844 g/mol. The van der Waals surface area contributed by atoms with Gasteiger partial charge in [-0.15, -0.1) is 0 Å². The zero-order chi connectivity index (χ0) is 31.8. The van der Waals surface area contributed by atoms with E-state index in [4.69, 9.17) is 0 Å². The SMILES string of the molecule is CCCCC(CC)CNC(=O)C1=c2cc(Br)c(Br)cc2=C(C(=O)O)C(Br)(C(=O)O)C1(Br)C(=O)NCC(CC)CCCC. The number of hydrogen-bond donors (Lipinski definition) is 4. The highest BCUT2D eigenvalue weighted by Gasteiger charge is 2.67. The number of fused-ring (bicyclic) bond motifs is 1. The van der Waals surface area contributed by atoms with Gasteiger partial charge in [-0.2, -0.15) is 0 Å². The third kappa shape index (κ3) is 7.51. The molecule has 0 radical (unpaired) electrons. The first kappa shape index (κ1) is 36.9. The number of hydrogen-bond acceptors (Lipinski definition) is 4. The molecule has 1 aromatic carbocycles. The molecule has 0 bridgehead atoms. The molecule has 0 saturated heterocycles. The summed E-state index contributed by atoms with van der Waals surface area (Å²) in [7, 11) is 0. The van der Waals surface area contributed by atoms with Crippen molar-refractivity contribution < 1.29 is 29.4 Å². The van der Waals surface area contributed by atoms with Crippen molar-refractivity contribution in [3.63, 3.8) is 0 Å². The largest absolute Gasteiger partial charge is 0.480 e. The Balaban J connectivity index is 2.89. The Kier molecular flexibility index (Phi) is 14.2. The van der Waals surface area contributed by atoms with Gasteiger partial charge in [0.1, 0.15) is 0 Å². The van der Waals surface area contributed by atoms with Crippen molar-refractivity contribution in [3.05, 3.63) is 31.5 Å². The molecule has 1 aromatic rings. The van der Waals surface area contributed by atoms with Gasteiger partial charge in [0.05, 0.1) is 11.1 Å². The molecule has 0 spiro atoms. The molecule has 4 atom stereocenters. The lowest BCUT2D eigenvalue weighted by atomic mass is 9.73. The zero-order valence-corrected chi connectivity index (χ0v) is 30.8. The number of unbranched alkanes of at least 4 members (excludes halogenated alkanes) is 2. The van der Waals surface area contributed by atoms with Crippen molar-refractivity contribution in [3.8, 4) is 0 Å². The third-order valence-corrected chi connectivity index (χ3v) is 13.1. The zero-order valence-electron chi connectivity index (χ0n) is 24.4. The fraction of sp³-hybridized carbons (Fsp3) is 0.600. The number of nitrogens with one attached hydrogen (secondary N) is 2. The number of aliphatic carboxylic acids is 2. The van der Waals surface area contributed by atoms with Crippen molar-refractivity contribution in [2.75, 3.05) is 13.1 Å². The maximum atomic E-state index is 14.2. The van der Waals surface area contributed by atoms with Crippen LogP contribution in [0.25, 0.3) is 11.1 Å². The first-order valence-electron chi connectivity index (χ1n) is 14.4. The maximum absolute atomic E-state index is 14.2. The average Bonchev–Trinajstić information content (AvgIpc) is 2.94. The molecular weight excluding hydrogens is 804 g/mol. The predicted molar refractivity (Wildman–Crippen MR) is 179 cm³/mol. The molecule has 2 amide bonds. The molecular formula is C30H40Br4N2O6. The molecule has 1 aliphatic rings. The van der Waals surface area contributed by atoms with Gasteiger partial charge in [0, 0.05) is 22.0 Å². The Morgan fingerprint density at radius 2 is 1.21 bits per heavy atom. The second-order valence-electron chi connectivity index (χ2n) is 10.7. The second-order valence-corrected chi connectivity index (χ2v) is 14.8. The molecule has 234 valence electrons. The quantitative estimate of drug-likeness (QED) is 0.160. The van der Waals surface area contributed by atoms with Crippen molar-refractivity contribution in [1.29, 1.82) is 0 Å². The Hall–Kier alpha value is -1.24. The van der Waals surface area contributed by atoms with Crippen LogP contribution in [0.15, 0.2) is 21.1 Å². The van der Waals surface area contributed by atoms with E-state index in [2.05, 4.69) is 88.2 Å². The first-order chi connectivity index (χ1) is 19.8. The summed E-state index contributed by atoms with van der Waals surface area (Å²) in [6, 6.07) is 2.99. The van der Waals surface area contributed by atoms with Crippen LogP contribution in [0.3, 0.4) is 0 Å². The minimum absolute atomic E-state index is 0.0114. The van der Waals surface area contributed by atoms with Crippen LogP contribution in [0.1, 0.15) is 79.1 Å². The fourth-order valence-electron chi connectivity index (χ4n) is 5.31. The Labute approximate surface area is 281 Å². The summed E-state index contributed by atoms with van der Waals surface area (Å²) in [6.07, 6.45) is 7.35. The molecule has 2 rings (SSSR count). The fourth-order valence-corrected chi connectivity index (χ4v) is 7.66. The van der Waals surface area contributed by atoms with E-state index in [0.29, 0.717) is 15.5 Å². The van der Waals surface area contributed by atoms with E-state index < -0.39 is 38.0 Å². The number of alkyl halides is 2. The van der Waals surface area contributed by atoms with Crippen LogP contribution in [0.2, 0.25) is 0 Å². The highest BCUT2D eigenvalue weighted by Crippen LogP contribution is 2.51. The van der Waals surface area contributed by atoms with Crippen molar-refractivity contribution >= 4 is 98.6 Å². The molecule has 0 saturated carbocycles. The van der Waals surface area contributed by atoms with Crippen molar-refractivity contribution in [2.45, 2.75) is 87.7 Å². The number of rotatable bonds is 16. The lowest BCUT2D eigenvalue weighted by molar-refractivity contribution is -0.142. The van der Waals surface area contributed by atoms with Crippen LogP contribution in [0, 0.1) is 11.8 Å². The summed E-state index contributed by atoms with van der Waals surface area (Å²) >= 11 is 13.4. The third-order valence-electron chi connectivity index (χ3n) is 8.00. The predicted octanol–water partition coefficient (Wildman–Crippen LogP) is 5.63. The lowest BCUT2D eigenvalue weighted by Gasteiger charge is -2.42. The van der Waals surface area contributed by atoms with Gasteiger partial charge in [0.15, 0.2) is 8.65 Å². The van der Waals surface area contributed by atoms with E-state index in [9.17, 15) is 29.4 Å². The van der Waals surface area contributed by atoms with E-state index >= 15 is 0 Å². The Morgan fingerprint density at radius 1 is 0.762 bits per heavy atom. The van der Waals surface area contributed by atoms with Gasteiger partial charge in [-0.3, -0.25) is 14.4 Å². The van der Waals surface area contributed by atoms with E-state index in [-0.39, 0.29) is 34.4 Å². The first-order valence-corrected chi connectivity index (χ1v) is 17.6. The van der Waals surface area contributed by atoms with E-state index in [1.54, 1.807) is 6.07 Å². The molecule has 0 fully saturated rings. The summed E-state index contributed by atoms with van der Waals surface area (Å²) < 4.78 is -3.90. The van der Waals surface area contributed by atoms with Gasteiger partial charge < -0.3 is 20.8 Å². The number of carbonyl (C=O) groups is 4.